The molecule has 5 aliphatic rings. The molecule has 2 aromatic heterocycles. The Kier molecular flexibility index (Phi) is 9.91. The van der Waals surface area contributed by atoms with E-state index in [0.29, 0.717) is 51.0 Å². The Morgan fingerprint density at radius 1 is 0.980 bits per heavy atom. The summed E-state index contributed by atoms with van der Waals surface area (Å²) in [4.78, 5) is 35.1. The molecule has 5 aliphatic carbocycles. The molecule has 3 aromatic rings. The van der Waals surface area contributed by atoms with E-state index in [-0.39, 0.29) is 40.8 Å². The van der Waals surface area contributed by atoms with E-state index in [4.69, 9.17) is 14.8 Å². The topological polar surface area (TPSA) is 121 Å². The highest BCUT2D eigenvalue weighted by Gasteiger charge is 2.51. The number of hydrogen-bond acceptors (Lipinski definition) is 6. The summed E-state index contributed by atoms with van der Waals surface area (Å²) in [6.45, 7) is 5.31. The van der Waals surface area contributed by atoms with Crippen LogP contribution in [0.1, 0.15) is 108 Å². The van der Waals surface area contributed by atoms with Crippen LogP contribution >= 0.6 is 0 Å². The monoisotopic (exact) mass is 697 g/mol. The fraction of sp³-hybridized carbons (Fsp3) is 0.610. The molecule has 10 heteroatoms. The highest BCUT2D eigenvalue weighted by molar-refractivity contribution is 5.95. The molecule has 0 atom stereocenters. The van der Waals surface area contributed by atoms with E-state index in [1.54, 1.807) is 7.11 Å². The molecule has 0 unspecified atom stereocenters. The second-order valence-electron chi connectivity index (χ2n) is 16.4. The van der Waals surface area contributed by atoms with Crippen molar-refractivity contribution in [2.24, 2.45) is 11.3 Å². The summed E-state index contributed by atoms with van der Waals surface area (Å²) in [6, 6.07) is 10.6. The number of anilines is 1. The highest BCUT2D eigenvalue weighted by atomic mass is 16.5. The third-order valence-electron chi connectivity index (χ3n) is 13.4. The van der Waals surface area contributed by atoms with E-state index in [1.807, 2.05) is 23.4 Å². The van der Waals surface area contributed by atoms with Crippen LogP contribution in [0.3, 0.4) is 0 Å². The molecule has 51 heavy (non-hydrogen) atoms. The van der Waals surface area contributed by atoms with Gasteiger partial charge in [0.25, 0.3) is 0 Å². The Hall–Kier alpha value is -3.92. The lowest BCUT2D eigenvalue weighted by Gasteiger charge is -2.55. The molecule has 0 spiro atoms. The number of aliphatic hydroxyl groups is 1. The number of carbonyl (C=O) groups excluding carboxylic acids is 1. The largest absolute Gasteiger partial charge is 0.496 e. The number of pyridine rings is 1. The Labute approximate surface area is 302 Å². The summed E-state index contributed by atoms with van der Waals surface area (Å²) in [5.74, 6) is 1.54. The van der Waals surface area contributed by atoms with Gasteiger partial charge in [0.2, 0.25) is 5.91 Å². The van der Waals surface area contributed by atoms with Crippen molar-refractivity contribution in [1.29, 1.82) is 0 Å². The Balaban J connectivity index is 1.13. The van der Waals surface area contributed by atoms with Gasteiger partial charge in [-0.25, -0.2) is 9.78 Å². The molecule has 0 aliphatic heterocycles. The van der Waals surface area contributed by atoms with Gasteiger partial charge in [-0.15, -0.1) is 0 Å². The molecule has 2 heterocycles. The number of amides is 2. The molecule has 2 N–H and O–H groups in total. The molecule has 0 radical (unpaired) electrons. The van der Waals surface area contributed by atoms with E-state index in [0.717, 1.165) is 68.2 Å². The fourth-order valence-corrected chi connectivity index (χ4v) is 9.71. The minimum atomic E-state index is -0.954. The van der Waals surface area contributed by atoms with Gasteiger partial charge in [0.05, 0.1) is 18.8 Å². The van der Waals surface area contributed by atoms with E-state index in [9.17, 15) is 19.8 Å². The Morgan fingerprint density at radius 2 is 1.71 bits per heavy atom. The number of rotatable bonds is 12. The Bertz CT molecular complexity index is 1700. The smallest absolute Gasteiger partial charge is 0.407 e. The lowest BCUT2D eigenvalue weighted by atomic mass is 9.51. The summed E-state index contributed by atoms with van der Waals surface area (Å²) in [7, 11) is 1.73. The molecule has 274 valence electrons. The Morgan fingerprint density at radius 3 is 2.31 bits per heavy atom. The average Bonchev–Trinajstić information content (AvgIpc) is 3.65. The van der Waals surface area contributed by atoms with Crippen molar-refractivity contribution in [1.82, 2.24) is 19.7 Å². The number of carboxylic acid groups (broad SMARTS) is 1. The van der Waals surface area contributed by atoms with Crippen molar-refractivity contribution < 1.29 is 24.5 Å². The van der Waals surface area contributed by atoms with Crippen LogP contribution in [0.25, 0.3) is 11.1 Å². The molecular formula is C41H55N5O5. The summed E-state index contributed by atoms with van der Waals surface area (Å²) >= 11 is 0. The lowest BCUT2D eigenvalue weighted by molar-refractivity contribution is -0.124. The van der Waals surface area contributed by atoms with Crippen molar-refractivity contribution in [2.45, 2.75) is 121 Å². The maximum atomic E-state index is 14.7. The number of ether oxygens (including phenoxy) is 1. The van der Waals surface area contributed by atoms with Gasteiger partial charge in [0, 0.05) is 49.6 Å². The number of fused-ring (bicyclic) bond motifs is 3. The highest BCUT2D eigenvalue weighted by Crippen LogP contribution is 2.58. The predicted octanol–water partition coefficient (Wildman–Crippen LogP) is 7.71. The minimum absolute atomic E-state index is 0.0297. The lowest BCUT2D eigenvalue weighted by Crippen LogP contribution is -2.52. The number of benzene rings is 1. The first-order valence-corrected chi connectivity index (χ1v) is 19.2. The maximum Gasteiger partial charge on any atom is 0.407 e. The molecule has 10 nitrogen and oxygen atoms in total. The van der Waals surface area contributed by atoms with Crippen LogP contribution in [0.4, 0.5) is 10.6 Å². The zero-order valence-electron chi connectivity index (χ0n) is 30.6. The first kappa shape index (κ1) is 35.5. The van der Waals surface area contributed by atoms with Crippen molar-refractivity contribution in [3.05, 3.63) is 60.0 Å². The van der Waals surface area contributed by atoms with Crippen molar-refractivity contribution in [3.63, 3.8) is 0 Å². The van der Waals surface area contributed by atoms with Crippen LogP contribution in [0.15, 0.2) is 48.9 Å². The third-order valence-corrected chi connectivity index (χ3v) is 13.4. The SMILES string of the molecule is COc1ccc(C23CCC(CN(C(=O)C4CCC(N(CCCO)C(=O)O)CC4)c4cc(-c5cnn(C6(C)CCC6)c5)ccn4)(CC2)CC3)cc1C. The molecule has 2 amide bonds. The van der Waals surface area contributed by atoms with Gasteiger partial charge < -0.3 is 19.8 Å². The van der Waals surface area contributed by atoms with E-state index >= 15 is 0 Å². The summed E-state index contributed by atoms with van der Waals surface area (Å²) in [6.07, 6.45) is 17.9. The van der Waals surface area contributed by atoms with Gasteiger partial charge in [0.15, 0.2) is 0 Å². The number of aryl methyl sites for hydroxylation is 1. The maximum absolute atomic E-state index is 14.7. The van der Waals surface area contributed by atoms with Crippen LogP contribution in [0.5, 0.6) is 5.75 Å². The second kappa shape index (κ2) is 14.2. The standard InChI is InChI=1S/C41H55N5O5/c1-29-24-33(8-11-35(29)51-3)41-18-15-40(16-19-41,17-20-41)28-45(37(48)30-6-9-34(10-7-30)44(38(49)50)22-5-23-47)36-25-31(12-21-42-36)32-26-43-46(27-32)39(2)13-4-14-39/h8,11-12,21,24-27,30,34,47H,4-7,9-10,13-20,22-23,28H2,1-3H3,(H,49,50). The second-order valence-corrected chi connectivity index (χ2v) is 16.4. The molecule has 1 aromatic carbocycles. The van der Waals surface area contributed by atoms with Crippen LogP contribution in [-0.2, 0) is 15.7 Å². The fourth-order valence-electron chi connectivity index (χ4n) is 9.71. The normalized spacial score (nSPS) is 26.7. The van der Waals surface area contributed by atoms with E-state index < -0.39 is 6.09 Å². The zero-order valence-corrected chi connectivity index (χ0v) is 30.6. The summed E-state index contributed by atoms with van der Waals surface area (Å²) < 4.78 is 7.66. The number of carbonyl (C=O) groups is 2. The molecular weight excluding hydrogens is 642 g/mol. The van der Waals surface area contributed by atoms with Crippen molar-refractivity contribution in [3.8, 4) is 16.9 Å². The van der Waals surface area contributed by atoms with Crippen LogP contribution in [-0.4, -0.2) is 74.7 Å². The first-order valence-electron chi connectivity index (χ1n) is 19.2. The predicted molar refractivity (Wildman–Crippen MR) is 197 cm³/mol. The molecule has 5 saturated carbocycles. The van der Waals surface area contributed by atoms with Gasteiger partial charge in [-0.2, -0.15) is 5.10 Å². The number of methoxy groups -OCH3 is 1. The summed E-state index contributed by atoms with van der Waals surface area (Å²) in [5, 5.41) is 23.9. The van der Waals surface area contributed by atoms with Gasteiger partial charge in [-0.05, 0) is 149 Å². The molecule has 0 saturated heterocycles. The number of hydrogen-bond donors (Lipinski definition) is 2. The number of aliphatic hydroxyl groups excluding tert-OH is 1. The quantitative estimate of drug-likeness (QED) is 0.199. The van der Waals surface area contributed by atoms with Gasteiger partial charge in [-0.3, -0.25) is 14.4 Å². The van der Waals surface area contributed by atoms with Crippen LogP contribution in [0.2, 0.25) is 0 Å². The number of aromatic nitrogens is 3. The van der Waals surface area contributed by atoms with Crippen LogP contribution < -0.4 is 9.64 Å². The van der Waals surface area contributed by atoms with Gasteiger partial charge in [0.1, 0.15) is 11.6 Å². The minimum Gasteiger partial charge on any atom is -0.496 e. The summed E-state index contributed by atoms with van der Waals surface area (Å²) in [5.41, 5.74) is 4.91. The van der Waals surface area contributed by atoms with E-state index in [1.165, 1.54) is 22.4 Å². The van der Waals surface area contributed by atoms with Gasteiger partial charge in [-0.1, -0.05) is 12.1 Å². The molecule has 5 fully saturated rings. The molecule has 2 bridgehead atoms. The van der Waals surface area contributed by atoms with Crippen molar-refractivity contribution in [2.75, 3.05) is 31.7 Å². The molecule has 8 rings (SSSR count). The average molecular weight is 698 g/mol. The van der Waals surface area contributed by atoms with Crippen molar-refractivity contribution >= 4 is 17.8 Å². The zero-order chi connectivity index (χ0) is 35.8. The van der Waals surface area contributed by atoms with Crippen LogP contribution in [0, 0.1) is 18.3 Å². The van der Waals surface area contributed by atoms with Gasteiger partial charge >= 0.3 is 6.09 Å². The third kappa shape index (κ3) is 6.88. The van der Waals surface area contributed by atoms with E-state index in [2.05, 4.69) is 49.0 Å². The number of nitrogens with zero attached hydrogens (tertiary/aromatic N) is 5. The first-order chi connectivity index (χ1) is 24.6.